The van der Waals surface area contributed by atoms with Crippen molar-refractivity contribution < 1.29 is 0 Å². The van der Waals surface area contributed by atoms with Crippen molar-refractivity contribution in [2.24, 2.45) is 5.73 Å². The average Bonchev–Trinajstić information content (AvgIpc) is 2.37. The molecule has 1 aliphatic rings. The van der Waals surface area contributed by atoms with Crippen LogP contribution in [0.15, 0.2) is 18.2 Å². The van der Waals surface area contributed by atoms with Gasteiger partial charge in [-0.25, -0.2) is 0 Å². The number of rotatable bonds is 4. The molecule has 0 aliphatic carbocycles. The average molecular weight is 298 g/mol. The van der Waals surface area contributed by atoms with Crippen LogP contribution in [0.4, 0.5) is 5.69 Å². The molecule has 0 bridgehead atoms. The van der Waals surface area contributed by atoms with E-state index in [0.717, 1.165) is 17.8 Å². The van der Waals surface area contributed by atoms with Gasteiger partial charge >= 0.3 is 0 Å². The first kappa shape index (κ1) is 14.6. The quantitative estimate of drug-likeness (QED) is 0.839. The number of benzene rings is 1. The van der Waals surface area contributed by atoms with Crippen molar-refractivity contribution in [3.8, 4) is 0 Å². The van der Waals surface area contributed by atoms with Gasteiger partial charge in [-0.3, -0.25) is 0 Å². The number of piperidine rings is 1. The van der Waals surface area contributed by atoms with Crippen LogP contribution in [0.25, 0.3) is 0 Å². The second-order valence-corrected chi connectivity index (χ2v) is 5.92. The van der Waals surface area contributed by atoms with Crippen LogP contribution < -0.4 is 11.1 Å². The Morgan fingerprint density at radius 3 is 2.95 bits per heavy atom. The van der Waals surface area contributed by atoms with E-state index in [1.165, 1.54) is 25.8 Å². The molecule has 2 rings (SSSR count). The summed E-state index contributed by atoms with van der Waals surface area (Å²) in [6, 6.07) is 6.34. The number of hydrogen-bond acceptors (Lipinski definition) is 3. The molecule has 3 N–H and O–H groups in total. The summed E-state index contributed by atoms with van der Waals surface area (Å²) in [6.07, 6.45) is 3.88. The van der Waals surface area contributed by atoms with Crippen molar-refractivity contribution in [1.82, 2.24) is 4.90 Å². The summed E-state index contributed by atoms with van der Waals surface area (Å²) in [6.45, 7) is 2.13. The van der Waals surface area contributed by atoms with Gasteiger partial charge in [-0.1, -0.05) is 30.2 Å². The van der Waals surface area contributed by atoms with Crippen molar-refractivity contribution in [3.05, 3.63) is 28.8 Å². The Morgan fingerprint density at radius 2 is 2.32 bits per heavy atom. The van der Waals surface area contributed by atoms with Gasteiger partial charge < -0.3 is 16.0 Å². The highest BCUT2D eigenvalue weighted by Gasteiger charge is 2.18. The highest BCUT2D eigenvalue weighted by Crippen LogP contribution is 2.22. The lowest BCUT2D eigenvalue weighted by molar-refractivity contribution is 0.194. The number of anilines is 1. The molecule has 3 nitrogen and oxygen atoms in total. The molecular weight excluding hydrogens is 278 g/mol. The van der Waals surface area contributed by atoms with Gasteiger partial charge in [0.15, 0.2) is 0 Å². The lowest BCUT2D eigenvalue weighted by atomic mass is 10.0. The van der Waals surface area contributed by atoms with Gasteiger partial charge in [0.2, 0.25) is 0 Å². The number of nitrogens with two attached hydrogens (primary N) is 1. The van der Waals surface area contributed by atoms with Gasteiger partial charge in [0.25, 0.3) is 0 Å². The molecule has 1 unspecified atom stereocenters. The zero-order valence-corrected chi connectivity index (χ0v) is 12.7. The molecular formula is C14H20ClN3S. The van der Waals surface area contributed by atoms with Crippen LogP contribution in [0, 0.1) is 0 Å². The Hall–Kier alpha value is -0.840. The van der Waals surface area contributed by atoms with Gasteiger partial charge in [-0.2, -0.15) is 0 Å². The van der Waals surface area contributed by atoms with E-state index in [-0.39, 0.29) is 0 Å². The molecule has 1 aromatic rings. The second-order valence-electron chi connectivity index (χ2n) is 5.07. The first-order chi connectivity index (χ1) is 9.08. The minimum absolute atomic E-state index is 0.337. The van der Waals surface area contributed by atoms with Crippen LogP contribution in [-0.2, 0) is 0 Å². The summed E-state index contributed by atoms with van der Waals surface area (Å²) in [5, 5.41) is 4.05. The van der Waals surface area contributed by atoms with Gasteiger partial charge in [-0.05, 0) is 44.6 Å². The van der Waals surface area contributed by atoms with E-state index < -0.39 is 0 Å². The summed E-state index contributed by atoms with van der Waals surface area (Å²) < 4.78 is 0. The van der Waals surface area contributed by atoms with Gasteiger partial charge in [0.1, 0.15) is 4.99 Å². The zero-order chi connectivity index (χ0) is 13.8. The van der Waals surface area contributed by atoms with Crippen molar-refractivity contribution in [2.45, 2.75) is 25.3 Å². The molecule has 0 amide bonds. The maximum atomic E-state index is 6.16. The highest BCUT2D eigenvalue weighted by atomic mass is 35.5. The fourth-order valence-corrected chi connectivity index (χ4v) is 2.98. The maximum absolute atomic E-state index is 6.16. The van der Waals surface area contributed by atoms with Gasteiger partial charge in [-0.15, -0.1) is 0 Å². The number of likely N-dealkylation sites (N-methyl/N-ethyl adjacent to an activating group) is 1. The Balaban J connectivity index is 1.96. The van der Waals surface area contributed by atoms with Gasteiger partial charge in [0, 0.05) is 23.8 Å². The molecule has 1 aliphatic heterocycles. The molecule has 1 heterocycles. The van der Waals surface area contributed by atoms with Gasteiger partial charge in [0.05, 0.1) is 5.02 Å². The van der Waals surface area contributed by atoms with E-state index in [0.29, 0.717) is 16.1 Å². The smallest absolute Gasteiger partial charge is 0.105 e. The number of likely N-dealkylation sites (tertiary alicyclic amines) is 1. The largest absolute Gasteiger partial charge is 0.389 e. The number of nitrogens with zero attached hydrogens (tertiary/aromatic N) is 1. The molecule has 0 spiro atoms. The summed E-state index contributed by atoms with van der Waals surface area (Å²) in [5.41, 5.74) is 7.34. The number of halogens is 1. The second kappa shape index (κ2) is 6.55. The standard InChI is InChI=1S/C14H20ClN3S/c1-18-7-3-2-4-11(18)9-17-10-5-6-12(14(16)19)13(15)8-10/h5-6,8,11,17H,2-4,7,9H2,1H3,(H2,16,19). The van der Waals surface area contributed by atoms with Crippen molar-refractivity contribution in [2.75, 3.05) is 25.5 Å². The number of nitrogens with one attached hydrogen (secondary N) is 1. The van der Waals surface area contributed by atoms with E-state index in [2.05, 4.69) is 17.3 Å². The molecule has 0 radical (unpaired) electrons. The lowest BCUT2D eigenvalue weighted by Crippen LogP contribution is -2.40. The lowest BCUT2D eigenvalue weighted by Gasteiger charge is -2.32. The molecule has 104 valence electrons. The molecule has 19 heavy (non-hydrogen) atoms. The summed E-state index contributed by atoms with van der Waals surface area (Å²) >= 11 is 11.1. The fourth-order valence-electron chi connectivity index (χ4n) is 2.46. The van der Waals surface area contributed by atoms with Crippen LogP contribution in [0.2, 0.25) is 5.02 Å². The summed E-state index contributed by atoms with van der Waals surface area (Å²) in [4.78, 5) is 2.75. The molecule has 1 atom stereocenters. The van der Waals surface area contributed by atoms with E-state index in [9.17, 15) is 0 Å². The first-order valence-corrected chi connectivity index (χ1v) is 7.40. The first-order valence-electron chi connectivity index (χ1n) is 6.61. The predicted octanol–water partition coefficient (Wildman–Crippen LogP) is 2.87. The van der Waals surface area contributed by atoms with Crippen molar-refractivity contribution in [1.29, 1.82) is 0 Å². The number of hydrogen-bond donors (Lipinski definition) is 2. The molecule has 1 fully saturated rings. The molecule has 0 aromatic heterocycles. The van der Waals surface area contributed by atoms with Crippen molar-refractivity contribution >= 4 is 34.5 Å². The normalized spacial score (nSPS) is 20.2. The molecule has 1 saturated heterocycles. The summed E-state index contributed by atoms with van der Waals surface area (Å²) in [7, 11) is 2.19. The van der Waals surface area contributed by atoms with Crippen LogP contribution in [0.5, 0.6) is 0 Å². The van der Waals surface area contributed by atoms with Crippen LogP contribution >= 0.6 is 23.8 Å². The Labute approximate surface area is 125 Å². The summed E-state index contributed by atoms with van der Waals surface area (Å²) in [5.74, 6) is 0. The van der Waals surface area contributed by atoms with Crippen molar-refractivity contribution in [3.63, 3.8) is 0 Å². The Kier molecular flexibility index (Phi) is 5.02. The predicted molar refractivity (Wildman–Crippen MR) is 86.1 cm³/mol. The number of thiocarbonyl (C=S) groups is 1. The fraction of sp³-hybridized carbons (Fsp3) is 0.500. The third-order valence-corrected chi connectivity index (χ3v) is 4.23. The third-order valence-electron chi connectivity index (χ3n) is 3.70. The van der Waals surface area contributed by atoms with Crippen LogP contribution in [0.3, 0.4) is 0 Å². The Morgan fingerprint density at radius 1 is 1.53 bits per heavy atom. The minimum Gasteiger partial charge on any atom is -0.389 e. The van der Waals surface area contributed by atoms with E-state index in [4.69, 9.17) is 29.6 Å². The van der Waals surface area contributed by atoms with E-state index >= 15 is 0 Å². The SMILES string of the molecule is CN1CCCCC1CNc1ccc(C(N)=S)c(Cl)c1. The van der Waals surface area contributed by atoms with E-state index in [1.807, 2.05) is 18.2 Å². The van der Waals surface area contributed by atoms with Crippen LogP contribution in [-0.4, -0.2) is 36.1 Å². The molecule has 0 saturated carbocycles. The zero-order valence-electron chi connectivity index (χ0n) is 11.2. The minimum atomic E-state index is 0.337. The monoisotopic (exact) mass is 297 g/mol. The van der Waals surface area contributed by atoms with Crippen LogP contribution in [0.1, 0.15) is 24.8 Å². The Bertz CT molecular complexity index is 464. The topological polar surface area (TPSA) is 41.3 Å². The highest BCUT2D eigenvalue weighted by molar-refractivity contribution is 7.80. The maximum Gasteiger partial charge on any atom is 0.105 e. The third kappa shape index (κ3) is 3.81. The van der Waals surface area contributed by atoms with E-state index in [1.54, 1.807) is 0 Å². The molecule has 1 aromatic carbocycles. The molecule has 5 heteroatoms.